The van der Waals surface area contributed by atoms with Crippen molar-refractivity contribution in [2.75, 3.05) is 0 Å². The lowest BCUT2D eigenvalue weighted by atomic mass is 10.6. The highest BCUT2D eigenvalue weighted by molar-refractivity contribution is 4.67. The van der Waals surface area contributed by atoms with Gasteiger partial charge in [-0.1, -0.05) is 25.4 Å². The fourth-order valence-corrected chi connectivity index (χ4v) is 0.176. The second kappa shape index (κ2) is 6.21. The molecule has 0 radical (unpaired) electrons. The van der Waals surface area contributed by atoms with Crippen LogP contribution in [0.2, 0.25) is 0 Å². The van der Waals surface area contributed by atoms with Crippen molar-refractivity contribution >= 4 is 0 Å². The van der Waals surface area contributed by atoms with Gasteiger partial charge in [-0.05, 0) is 6.07 Å². The molecule has 0 aliphatic carbocycles. The van der Waals surface area contributed by atoms with Crippen LogP contribution < -0.4 is 0 Å². The Bertz CT molecular complexity index is 75.4. The van der Waals surface area contributed by atoms with E-state index in [1.807, 2.05) is 0 Å². The maximum Gasteiger partial charge on any atom is 0.123 e. The molecule has 0 aliphatic rings. The van der Waals surface area contributed by atoms with Crippen molar-refractivity contribution in [3.05, 3.63) is 18.5 Å². The van der Waals surface area contributed by atoms with Crippen LogP contribution >= 0.6 is 0 Å². The highest BCUT2D eigenvalue weighted by atomic mass is 16.5. The highest BCUT2D eigenvalue weighted by Gasteiger charge is 1.60. The van der Waals surface area contributed by atoms with Gasteiger partial charge >= 0.3 is 0 Å². The zero-order valence-corrected chi connectivity index (χ0v) is 5.29. The Morgan fingerprint density at radius 1 is 1.50 bits per heavy atom. The lowest BCUT2D eigenvalue weighted by Gasteiger charge is -1.48. The summed E-state index contributed by atoms with van der Waals surface area (Å²) in [4.78, 5) is 0. The van der Waals surface area contributed by atoms with Gasteiger partial charge in [-0.15, -0.1) is 0 Å². The zero-order chi connectivity index (χ0) is 6.24. The minimum Gasteiger partial charge on any atom is -0.365 e. The molecule has 1 aromatic rings. The summed E-state index contributed by atoms with van der Waals surface area (Å²) in [5, 5.41) is 3.35. The molecule has 0 amide bonds. The van der Waals surface area contributed by atoms with Crippen LogP contribution in [0.5, 0.6) is 0 Å². The molecular formula is C6H11NO. The minimum absolute atomic E-state index is 1.25. The molecule has 0 fully saturated rings. The van der Waals surface area contributed by atoms with Gasteiger partial charge in [0.25, 0.3) is 0 Å². The van der Waals surface area contributed by atoms with Crippen molar-refractivity contribution in [3.8, 4) is 0 Å². The fourth-order valence-electron chi connectivity index (χ4n) is 0.176. The average Bonchev–Trinajstić information content (AvgIpc) is 2.17. The van der Waals surface area contributed by atoms with Crippen molar-refractivity contribution in [1.29, 1.82) is 0 Å². The average molecular weight is 113 g/mol. The molecule has 0 saturated heterocycles. The molecule has 0 N–H and O–H groups in total. The maximum atomic E-state index is 4.33. The number of nitrogens with zero attached hydrogens (tertiary/aromatic N) is 1. The van der Waals surface area contributed by atoms with Gasteiger partial charge in [0, 0.05) is 0 Å². The molecule has 0 bridgehead atoms. The van der Waals surface area contributed by atoms with E-state index in [-0.39, 0.29) is 0 Å². The van der Waals surface area contributed by atoms with Gasteiger partial charge in [0.05, 0.1) is 6.20 Å². The van der Waals surface area contributed by atoms with E-state index < -0.39 is 0 Å². The predicted molar refractivity (Wildman–Crippen MR) is 32.5 cm³/mol. The van der Waals surface area contributed by atoms with Gasteiger partial charge in [-0.3, -0.25) is 0 Å². The summed E-state index contributed by atoms with van der Waals surface area (Å²) in [6.07, 6.45) is 4.35. The van der Waals surface area contributed by atoms with Crippen LogP contribution in [-0.2, 0) is 0 Å². The topological polar surface area (TPSA) is 26.0 Å². The molecule has 0 aliphatic heterocycles. The van der Waals surface area contributed by atoms with Crippen molar-refractivity contribution < 1.29 is 4.52 Å². The Balaban J connectivity index is 0.000000145. The van der Waals surface area contributed by atoms with Crippen LogP contribution in [0, 0.1) is 0 Å². The Morgan fingerprint density at radius 3 is 2.25 bits per heavy atom. The first-order valence-corrected chi connectivity index (χ1v) is 2.76. The molecule has 0 spiro atoms. The van der Waals surface area contributed by atoms with E-state index in [1.54, 1.807) is 12.3 Å². The SMILES string of the molecule is CCC.c1cnoc1. The van der Waals surface area contributed by atoms with Gasteiger partial charge in [-0.2, -0.15) is 0 Å². The molecule has 1 aromatic heterocycles. The van der Waals surface area contributed by atoms with E-state index in [1.165, 1.54) is 12.7 Å². The summed E-state index contributed by atoms with van der Waals surface area (Å²) in [5.74, 6) is 0. The third-order valence-electron chi connectivity index (χ3n) is 0.347. The molecule has 1 heterocycles. The Hall–Kier alpha value is -0.790. The summed E-state index contributed by atoms with van der Waals surface area (Å²) < 4.78 is 4.33. The monoisotopic (exact) mass is 113 g/mol. The summed E-state index contributed by atoms with van der Waals surface area (Å²) in [7, 11) is 0. The van der Waals surface area contributed by atoms with Crippen LogP contribution in [0.4, 0.5) is 0 Å². The minimum atomic E-state index is 1.25. The quantitative estimate of drug-likeness (QED) is 0.515. The van der Waals surface area contributed by atoms with E-state index in [0.29, 0.717) is 0 Å². The van der Waals surface area contributed by atoms with E-state index in [0.717, 1.165) is 0 Å². The first kappa shape index (κ1) is 7.21. The Labute approximate surface area is 49.5 Å². The summed E-state index contributed by atoms with van der Waals surface area (Å²) in [6, 6.07) is 1.72. The van der Waals surface area contributed by atoms with Gasteiger partial charge in [0.2, 0.25) is 0 Å². The number of rotatable bonds is 0. The number of hydrogen-bond donors (Lipinski definition) is 0. The lowest BCUT2D eigenvalue weighted by Crippen LogP contribution is -1.38. The largest absolute Gasteiger partial charge is 0.365 e. The second-order valence-corrected chi connectivity index (χ2v) is 1.40. The van der Waals surface area contributed by atoms with E-state index >= 15 is 0 Å². The van der Waals surface area contributed by atoms with Gasteiger partial charge < -0.3 is 4.52 Å². The zero-order valence-electron chi connectivity index (χ0n) is 5.29. The van der Waals surface area contributed by atoms with Crippen LogP contribution in [-0.4, -0.2) is 5.16 Å². The normalized spacial score (nSPS) is 7.25. The van der Waals surface area contributed by atoms with Crippen molar-refractivity contribution in [1.82, 2.24) is 5.16 Å². The van der Waals surface area contributed by atoms with Crippen LogP contribution in [0.25, 0.3) is 0 Å². The van der Waals surface area contributed by atoms with Gasteiger partial charge in [0.15, 0.2) is 0 Å². The molecule has 46 valence electrons. The second-order valence-electron chi connectivity index (χ2n) is 1.40. The van der Waals surface area contributed by atoms with Crippen molar-refractivity contribution in [3.63, 3.8) is 0 Å². The number of aromatic nitrogens is 1. The first-order chi connectivity index (χ1) is 3.91. The Kier molecular flexibility index (Phi) is 5.60. The molecule has 0 saturated carbocycles. The molecule has 0 atom stereocenters. The molecule has 2 heteroatoms. The first-order valence-electron chi connectivity index (χ1n) is 2.76. The van der Waals surface area contributed by atoms with Crippen LogP contribution in [0.1, 0.15) is 20.3 Å². The van der Waals surface area contributed by atoms with E-state index in [9.17, 15) is 0 Å². The predicted octanol–water partition coefficient (Wildman–Crippen LogP) is 2.09. The van der Waals surface area contributed by atoms with E-state index in [2.05, 4.69) is 23.5 Å². The van der Waals surface area contributed by atoms with Crippen molar-refractivity contribution in [2.24, 2.45) is 0 Å². The van der Waals surface area contributed by atoms with Crippen molar-refractivity contribution in [2.45, 2.75) is 20.3 Å². The summed E-state index contributed by atoms with van der Waals surface area (Å²) in [5.41, 5.74) is 0. The lowest BCUT2D eigenvalue weighted by molar-refractivity contribution is 0.420. The molecule has 0 unspecified atom stereocenters. The fraction of sp³-hybridized carbons (Fsp3) is 0.500. The van der Waals surface area contributed by atoms with Crippen LogP contribution in [0.15, 0.2) is 23.0 Å². The highest BCUT2D eigenvalue weighted by Crippen LogP contribution is 1.72. The summed E-state index contributed by atoms with van der Waals surface area (Å²) >= 11 is 0. The molecule has 1 rings (SSSR count). The molecular weight excluding hydrogens is 102 g/mol. The third-order valence-corrected chi connectivity index (χ3v) is 0.347. The summed E-state index contributed by atoms with van der Waals surface area (Å²) in [6.45, 7) is 4.25. The molecule has 0 aromatic carbocycles. The van der Waals surface area contributed by atoms with Gasteiger partial charge in [-0.25, -0.2) is 0 Å². The maximum absolute atomic E-state index is 4.33. The smallest absolute Gasteiger partial charge is 0.123 e. The standard InChI is InChI=1S/C3H3NO.C3H8/c1-2-4-5-3-1;1-3-2/h1-3H;3H2,1-2H3. The Morgan fingerprint density at radius 2 is 2.12 bits per heavy atom. The molecule has 2 nitrogen and oxygen atoms in total. The van der Waals surface area contributed by atoms with Gasteiger partial charge in [0.1, 0.15) is 6.26 Å². The molecule has 8 heavy (non-hydrogen) atoms. The number of hydrogen-bond acceptors (Lipinski definition) is 2. The third kappa shape index (κ3) is 5.21. The van der Waals surface area contributed by atoms with E-state index in [4.69, 9.17) is 0 Å². The van der Waals surface area contributed by atoms with Crippen LogP contribution in [0.3, 0.4) is 0 Å².